The van der Waals surface area contributed by atoms with Gasteiger partial charge in [0.05, 0.1) is 6.61 Å². The van der Waals surface area contributed by atoms with E-state index in [1.54, 1.807) is 24.3 Å². The Kier molecular flexibility index (Phi) is 3.52. The normalized spacial score (nSPS) is 8.93. The van der Waals surface area contributed by atoms with Gasteiger partial charge in [0.2, 0.25) is 5.91 Å². The van der Waals surface area contributed by atoms with Crippen LogP contribution in [0.2, 0.25) is 0 Å². The lowest BCUT2D eigenvalue weighted by Crippen LogP contribution is -1.95. The number of benzene rings is 1. The maximum absolute atomic E-state index is 11.1. The van der Waals surface area contributed by atoms with Crippen molar-refractivity contribution < 1.29 is 9.53 Å². The molecule has 0 atom stereocenters. The molecule has 0 aromatic heterocycles. The minimum absolute atomic E-state index is 0.353. The van der Waals surface area contributed by atoms with Crippen molar-refractivity contribution in [1.82, 2.24) is 0 Å². The highest BCUT2D eigenvalue weighted by Crippen LogP contribution is 2.12. The zero-order valence-corrected chi connectivity index (χ0v) is 7.67. The van der Waals surface area contributed by atoms with Crippen LogP contribution in [0.15, 0.2) is 29.4 Å². The fourth-order valence-corrected chi connectivity index (χ4v) is 0.959. The molecule has 1 amide bonds. The van der Waals surface area contributed by atoms with Gasteiger partial charge in [-0.3, -0.25) is 4.79 Å². The van der Waals surface area contributed by atoms with Crippen LogP contribution in [0.3, 0.4) is 0 Å². The van der Waals surface area contributed by atoms with Crippen LogP contribution in [-0.4, -0.2) is 12.5 Å². The zero-order valence-electron chi connectivity index (χ0n) is 7.67. The Balaban J connectivity index is 2.82. The number of ether oxygens (including phenoxy) is 1. The first-order chi connectivity index (χ1) is 6.77. The lowest BCUT2D eigenvalue weighted by atomic mass is 10.2. The van der Waals surface area contributed by atoms with E-state index in [2.05, 4.69) is 10.0 Å². The third-order valence-corrected chi connectivity index (χ3v) is 1.55. The fourth-order valence-electron chi connectivity index (χ4n) is 0.959. The Morgan fingerprint density at radius 1 is 1.50 bits per heavy atom. The van der Waals surface area contributed by atoms with Crippen LogP contribution in [-0.2, 0) is 0 Å². The Bertz CT molecular complexity index is 366. The quantitative estimate of drug-likeness (QED) is 0.418. The Morgan fingerprint density at radius 3 is 2.64 bits per heavy atom. The van der Waals surface area contributed by atoms with Crippen molar-refractivity contribution in [3.63, 3.8) is 0 Å². The third-order valence-electron chi connectivity index (χ3n) is 1.55. The third kappa shape index (κ3) is 2.50. The van der Waals surface area contributed by atoms with Crippen molar-refractivity contribution in [3.05, 3.63) is 40.3 Å². The summed E-state index contributed by atoms with van der Waals surface area (Å²) >= 11 is 0. The second kappa shape index (κ2) is 4.89. The molecule has 5 nitrogen and oxygen atoms in total. The predicted octanol–water partition coefficient (Wildman–Crippen LogP) is 2.54. The van der Waals surface area contributed by atoms with Gasteiger partial charge in [0.1, 0.15) is 5.75 Å². The van der Waals surface area contributed by atoms with E-state index in [1.165, 1.54) is 0 Å². The average molecular weight is 191 g/mol. The lowest BCUT2D eigenvalue weighted by Gasteiger charge is -2.02. The largest absolute Gasteiger partial charge is 0.494 e. The smallest absolute Gasteiger partial charge is 0.249 e. The van der Waals surface area contributed by atoms with Gasteiger partial charge in [0.25, 0.3) is 0 Å². The number of azide groups is 1. The summed E-state index contributed by atoms with van der Waals surface area (Å²) < 4.78 is 5.19. The first kappa shape index (κ1) is 10.1. The molecule has 1 aromatic carbocycles. The number of carbonyl (C=O) groups excluding carboxylic acids is 1. The summed E-state index contributed by atoms with van der Waals surface area (Å²) in [6.45, 7) is 2.45. The highest BCUT2D eigenvalue weighted by atomic mass is 16.5. The number of rotatable bonds is 3. The van der Waals surface area contributed by atoms with Crippen molar-refractivity contribution in [3.8, 4) is 5.75 Å². The molecule has 0 aliphatic carbocycles. The monoisotopic (exact) mass is 191 g/mol. The molecule has 0 spiro atoms. The lowest BCUT2D eigenvalue weighted by molar-refractivity contribution is 0.100. The summed E-state index contributed by atoms with van der Waals surface area (Å²) in [4.78, 5) is 13.5. The van der Waals surface area contributed by atoms with Gasteiger partial charge in [-0.05, 0) is 41.8 Å². The standard InChI is InChI=1S/C9H9N3O2/c1-2-14-8-5-3-7(4-6-8)9(13)11-12-10/h3-6H,2H2,1H3. The van der Waals surface area contributed by atoms with Crippen molar-refractivity contribution in [2.24, 2.45) is 5.11 Å². The molecule has 0 radical (unpaired) electrons. The SMILES string of the molecule is CCOc1ccc(C(=O)N=[N+]=[N-])cc1. The Hall–Kier alpha value is -2.00. The van der Waals surface area contributed by atoms with Crippen LogP contribution >= 0.6 is 0 Å². The van der Waals surface area contributed by atoms with Gasteiger partial charge in [0, 0.05) is 10.5 Å². The van der Waals surface area contributed by atoms with Crippen molar-refractivity contribution in [1.29, 1.82) is 0 Å². The van der Waals surface area contributed by atoms with Crippen molar-refractivity contribution in [2.45, 2.75) is 6.92 Å². The minimum atomic E-state index is -0.587. The number of nitrogens with zero attached hydrogens (tertiary/aromatic N) is 3. The van der Waals surface area contributed by atoms with E-state index < -0.39 is 5.91 Å². The topological polar surface area (TPSA) is 75.1 Å². The molecule has 0 aliphatic heterocycles. The second-order valence-electron chi connectivity index (χ2n) is 2.45. The molecule has 14 heavy (non-hydrogen) atoms. The molecule has 0 heterocycles. The molecular formula is C9H9N3O2. The van der Waals surface area contributed by atoms with E-state index in [4.69, 9.17) is 10.3 Å². The van der Waals surface area contributed by atoms with Crippen LogP contribution in [0.5, 0.6) is 5.75 Å². The molecular weight excluding hydrogens is 182 g/mol. The van der Waals surface area contributed by atoms with Crippen LogP contribution in [0.1, 0.15) is 17.3 Å². The second-order valence-corrected chi connectivity index (χ2v) is 2.45. The van der Waals surface area contributed by atoms with Crippen LogP contribution in [0.25, 0.3) is 10.4 Å². The molecule has 0 unspecified atom stereocenters. The Morgan fingerprint density at radius 2 is 2.14 bits per heavy atom. The molecule has 5 heteroatoms. The summed E-state index contributed by atoms with van der Waals surface area (Å²) in [6, 6.07) is 6.43. The maximum Gasteiger partial charge on any atom is 0.249 e. The minimum Gasteiger partial charge on any atom is -0.494 e. The number of hydrogen-bond acceptors (Lipinski definition) is 2. The van der Waals surface area contributed by atoms with Crippen LogP contribution in [0.4, 0.5) is 0 Å². The van der Waals surface area contributed by atoms with E-state index in [0.717, 1.165) is 0 Å². The summed E-state index contributed by atoms with van der Waals surface area (Å²) in [5.41, 5.74) is 8.40. The van der Waals surface area contributed by atoms with Gasteiger partial charge in [0.15, 0.2) is 0 Å². The summed E-state index contributed by atoms with van der Waals surface area (Å²) in [6.07, 6.45) is 0. The average Bonchev–Trinajstić information content (AvgIpc) is 2.20. The van der Waals surface area contributed by atoms with Crippen LogP contribution in [0, 0.1) is 0 Å². The maximum atomic E-state index is 11.1. The van der Waals surface area contributed by atoms with E-state index in [-0.39, 0.29) is 0 Å². The number of carbonyl (C=O) groups is 1. The first-order valence-electron chi connectivity index (χ1n) is 4.10. The molecule has 0 aliphatic rings. The van der Waals surface area contributed by atoms with Crippen molar-refractivity contribution >= 4 is 5.91 Å². The number of amides is 1. The van der Waals surface area contributed by atoms with E-state index in [9.17, 15) is 4.79 Å². The van der Waals surface area contributed by atoms with Gasteiger partial charge in [-0.15, -0.1) is 0 Å². The molecule has 72 valence electrons. The summed E-state index contributed by atoms with van der Waals surface area (Å²) in [5.74, 6) is 0.0977. The van der Waals surface area contributed by atoms with Gasteiger partial charge in [-0.1, -0.05) is 0 Å². The highest BCUT2D eigenvalue weighted by Gasteiger charge is 2.01. The summed E-state index contributed by atoms with van der Waals surface area (Å²) in [5, 5.41) is 2.97. The number of hydrogen-bond donors (Lipinski definition) is 0. The van der Waals surface area contributed by atoms with Gasteiger partial charge >= 0.3 is 0 Å². The molecule has 1 rings (SSSR count). The van der Waals surface area contributed by atoms with E-state index in [0.29, 0.717) is 17.9 Å². The molecule has 0 saturated heterocycles. The molecule has 0 bridgehead atoms. The molecule has 0 saturated carbocycles. The zero-order chi connectivity index (χ0) is 10.4. The first-order valence-corrected chi connectivity index (χ1v) is 4.10. The fraction of sp³-hybridized carbons (Fsp3) is 0.222. The van der Waals surface area contributed by atoms with Crippen LogP contribution < -0.4 is 4.74 Å². The predicted molar refractivity (Wildman–Crippen MR) is 51.1 cm³/mol. The van der Waals surface area contributed by atoms with Gasteiger partial charge in [-0.25, -0.2) is 0 Å². The highest BCUT2D eigenvalue weighted by molar-refractivity contribution is 5.94. The molecule has 1 aromatic rings. The Labute approximate surface area is 80.9 Å². The summed E-state index contributed by atoms with van der Waals surface area (Å²) in [7, 11) is 0. The molecule has 0 fully saturated rings. The van der Waals surface area contributed by atoms with Gasteiger partial charge < -0.3 is 4.74 Å². The van der Waals surface area contributed by atoms with E-state index >= 15 is 0 Å². The molecule has 0 N–H and O–H groups in total. The van der Waals surface area contributed by atoms with E-state index in [1.807, 2.05) is 6.92 Å². The van der Waals surface area contributed by atoms with Crippen molar-refractivity contribution in [2.75, 3.05) is 6.61 Å². The van der Waals surface area contributed by atoms with Gasteiger partial charge in [-0.2, -0.15) is 0 Å².